The van der Waals surface area contributed by atoms with E-state index >= 15 is 0 Å². The van der Waals surface area contributed by atoms with Gasteiger partial charge in [0.1, 0.15) is 5.75 Å². The number of hydrogen-bond donors (Lipinski definition) is 1. The van der Waals surface area contributed by atoms with Crippen LogP contribution in [0.4, 0.5) is 5.69 Å². The zero-order valence-corrected chi connectivity index (χ0v) is 15.9. The van der Waals surface area contributed by atoms with Gasteiger partial charge in [-0.2, -0.15) is 0 Å². The second-order valence-corrected chi connectivity index (χ2v) is 6.60. The van der Waals surface area contributed by atoms with Crippen LogP contribution in [0.3, 0.4) is 0 Å². The molecule has 3 rings (SSSR count). The molecule has 0 fully saturated rings. The van der Waals surface area contributed by atoms with Crippen molar-refractivity contribution in [2.75, 3.05) is 12.4 Å². The van der Waals surface area contributed by atoms with E-state index in [1.165, 1.54) is 30.0 Å². The normalized spacial score (nSPS) is 10.5. The molecular weight excluding hydrogens is 387 g/mol. The summed E-state index contributed by atoms with van der Waals surface area (Å²) in [7, 11) is 1.53. The lowest BCUT2D eigenvalue weighted by molar-refractivity contribution is 0.102. The molecule has 0 aliphatic heterocycles. The van der Waals surface area contributed by atoms with Crippen LogP contribution in [-0.2, 0) is 6.54 Å². The van der Waals surface area contributed by atoms with E-state index in [4.69, 9.17) is 27.9 Å². The van der Waals surface area contributed by atoms with Crippen molar-refractivity contribution in [1.82, 2.24) is 4.57 Å². The zero-order valence-electron chi connectivity index (χ0n) is 14.4. The molecule has 0 spiro atoms. The minimum Gasteiger partial charge on any atom is -0.495 e. The Morgan fingerprint density at radius 2 is 1.85 bits per heavy atom. The fraction of sp³-hybridized carbons (Fsp3) is 0.100. The fourth-order valence-electron chi connectivity index (χ4n) is 2.57. The highest BCUT2D eigenvalue weighted by Gasteiger charge is 2.11. The van der Waals surface area contributed by atoms with Crippen LogP contribution in [0.2, 0.25) is 10.0 Å². The first kappa shape index (κ1) is 19.0. The predicted molar refractivity (Wildman–Crippen MR) is 107 cm³/mol. The van der Waals surface area contributed by atoms with Crippen molar-refractivity contribution in [3.8, 4) is 5.75 Å². The van der Waals surface area contributed by atoms with Crippen molar-refractivity contribution in [2.45, 2.75) is 6.54 Å². The van der Waals surface area contributed by atoms with Gasteiger partial charge in [-0.25, -0.2) is 0 Å². The van der Waals surface area contributed by atoms with Gasteiger partial charge in [-0.3, -0.25) is 9.59 Å². The zero-order chi connectivity index (χ0) is 19.4. The Morgan fingerprint density at radius 1 is 1.07 bits per heavy atom. The number of ether oxygens (including phenoxy) is 1. The molecule has 0 saturated heterocycles. The molecule has 27 heavy (non-hydrogen) atoms. The Morgan fingerprint density at radius 3 is 2.59 bits per heavy atom. The number of benzene rings is 2. The summed E-state index contributed by atoms with van der Waals surface area (Å²) >= 11 is 11.9. The highest BCUT2D eigenvalue weighted by Crippen LogP contribution is 2.24. The monoisotopic (exact) mass is 402 g/mol. The number of nitrogens with one attached hydrogen (secondary N) is 1. The molecule has 0 atom stereocenters. The lowest BCUT2D eigenvalue weighted by atomic mass is 10.2. The molecule has 0 aliphatic carbocycles. The van der Waals surface area contributed by atoms with Gasteiger partial charge in [0.05, 0.1) is 35.0 Å². The van der Waals surface area contributed by atoms with Crippen LogP contribution in [0, 0.1) is 0 Å². The summed E-state index contributed by atoms with van der Waals surface area (Å²) in [5, 5.41) is 3.64. The molecule has 1 heterocycles. The SMILES string of the molecule is COc1ccccc1NC(=O)c1ccc(=O)n(Cc2ccc(Cl)c(Cl)c2)c1. The molecule has 138 valence electrons. The number of carbonyl (C=O) groups excluding carboxylic acids is 1. The van der Waals surface area contributed by atoms with Gasteiger partial charge < -0.3 is 14.6 Å². The van der Waals surface area contributed by atoms with Gasteiger partial charge in [-0.05, 0) is 35.9 Å². The van der Waals surface area contributed by atoms with E-state index in [9.17, 15) is 9.59 Å². The quantitative estimate of drug-likeness (QED) is 0.684. The van der Waals surface area contributed by atoms with Crippen molar-refractivity contribution < 1.29 is 9.53 Å². The second-order valence-electron chi connectivity index (χ2n) is 5.79. The topological polar surface area (TPSA) is 60.3 Å². The van der Waals surface area contributed by atoms with Gasteiger partial charge in [0.25, 0.3) is 11.5 Å². The number of hydrogen-bond acceptors (Lipinski definition) is 3. The highest BCUT2D eigenvalue weighted by atomic mass is 35.5. The van der Waals surface area contributed by atoms with Crippen molar-refractivity contribution in [2.24, 2.45) is 0 Å². The van der Waals surface area contributed by atoms with E-state index in [1.807, 2.05) is 6.07 Å². The van der Waals surface area contributed by atoms with Crippen molar-refractivity contribution in [3.05, 3.63) is 92.3 Å². The van der Waals surface area contributed by atoms with E-state index in [0.717, 1.165) is 5.56 Å². The number of rotatable bonds is 5. The average molecular weight is 403 g/mol. The molecule has 5 nitrogen and oxygen atoms in total. The van der Waals surface area contributed by atoms with Crippen LogP contribution in [-0.4, -0.2) is 17.6 Å². The predicted octanol–water partition coefficient (Wildman–Crippen LogP) is 4.46. The fourth-order valence-corrected chi connectivity index (χ4v) is 2.89. The van der Waals surface area contributed by atoms with Crippen LogP contribution < -0.4 is 15.6 Å². The molecule has 1 N–H and O–H groups in total. The van der Waals surface area contributed by atoms with Crippen LogP contribution in [0.5, 0.6) is 5.75 Å². The Kier molecular flexibility index (Phi) is 5.84. The van der Waals surface area contributed by atoms with Crippen molar-refractivity contribution in [1.29, 1.82) is 0 Å². The number of nitrogens with zero attached hydrogens (tertiary/aromatic N) is 1. The Bertz CT molecular complexity index is 1050. The summed E-state index contributed by atoms with van der Waals surface area (Å²) < 4.78 is 6.67. The van der Waals surface area contributed by atoms with Crippen molar-refractivity contribution >= 4 is 34.8 Å². The molecule has 0 radical (unpaired) electrons. The number of aromatic nitrogens is 1. The maximum absolute atomic E-state index is 12.6. The Hall–Kier alpha value is -2.76. The van der Waals surface area contributed by atoms with Crippen molar-refractivity contribution in [3.63, 3.8) is 0 Å². The minimum absolute atomic E-state index is 0.227. The second kappa shape index (κ2) is 8.29. The molecular formula is C20H16Cl2N2O3. The largest absolute Gasteiger partial charge is 0.495 e. The summed E-state index contributed by atoms with van der Waals surface area (Å²) in [5.74, 6) is 0.206. The number of amides is 1. The standard InChI is InChI=1S/C20H16Cl2N2O3/c1-27-18-5-3-2-4-17(18)23-20(26)14-7-9-19(25)24(12-14)11-13-6-8-15(21)16(22)10-13/h2-10,12H,11H2,1H3,(H,23,26). The molecule has 1 aromatic heterocycles. The third-order valence-corrected chi connectivity index (χ3v) is 4.68. The molecule has 2 aromatic carbocycles. The summed E-state index contributed by atoms with van der Waals surface area (Å²) in [6.07, 6.45) is 1.51. The minimum atomic E-state index is -0.345. The molecule has 0 unspecified atom stereocenters. The van der Waals surface area contributed by atoms with Gasteiger partial charge in [0.15, 0.2) is 0 Å². The van der Waals surface area contributed by atoms with E-state index in [2.05, 4.69) is 5.32 Å². The van der Waals surface area contributed by atoms with Gasteiger partial charge in [0, 0.05) is 12.3 Å². The average Bonchev–Trinajstić information content (AvgIpc) is 2.67. The number of para-hydroxylation sites is 2. The maximum atomic E-state index is 12.6. The summed E-state index contributed by atoms with van der Waals surface area (Å²) in [6.45, 7) is 0.269. The van der Waals surface area contributed by atoms with E-state index in [0.29, 0.717) is 27.0 Å². The molecule has 0 saturated carbocycles. The number of carbonyl (C=O) groups is 1. The third-order valence-electron chi connectivity index (χ3n) is 3.94. The summed E-state index contributed by atoms with van der Waals surface area (Å²) in [5.41, 5.74) is 1.47. The lowest BCUT2D eigenvalue weighted by Gasteiger charge is -2.11. The Balaban J connectivity index is 1.85. The molecule has 0 aliphatic rings. The molecule has 7 heteroatoms. The van der Waals surface area contributed by atoms with Gasteiger partial charge in [-0.15, -0.1) is 0 Å². The third kappa shape index (κ3) is 4.51. The van der Waals surface area contributed by atoms with E-state index in [1.54, 1.807) is 36.4 Å². The first-order valence-corrected chi connectivity index (χ1v) is 8.82. The summed E-state index contributed by atoms with van der Waals surface area (Å²) in [6, 6.07) is 15.1. The first-order chi connectivity index (χ1) is 13.0. The van der Waals surface area contributed by atoms with Crippen LogP contribution in [0.15, 0.2) is 65.6 Å². The number of anilines is 1. The number of halogens is 2. The molecule has 3 aromatic rings. The van der Waals surface area contributed by atoms with Crippen LogP contribution in [0.25, 0.3) is 0 Å². The first-order valence-electron chi connectivity index (χ1n) is 8.06. The number of methoxy groups -OCH3 is 1. The maximum Gasteiger partial charge on any atom is 0.257 e. The Labute approximate surface area is 166 Å². The van der Waals surface area contributed by atoms with Crippen LogP contribution in [0.1, 0.15) is 15.9 Å². The highest BCUT2D eigenvalue weighted by molar-refractivity contribution is 6.42. The van der Waals surface area contributed by atoms with E-state index in [-0.39, 0.29) is 18.0 Å². The van der Waals surface area contributed by atoms with Crippen LogP contribution >= 0.6 is 23.2 Å². The smallest absolute Gasteiger partial charge is 0.257 e. The lowest BCUT2D eigenvalue weighted by Crippen LogP contribution is -2.22. The molecule has 0 bridgehead atoms. The van der Waals surface area contributed by atoms with Gasteiger partial charge in [0.2, 0.25) is 0 Å². The summed E-state index contributed by atoms with van der Waals surface area (Å²) in [4.78, 5) is 24.7. The van der Waals surface area contributed by atoms with Gasteiger partial charge in [-0.1, -0.05) is 41.4 Å². The molecule has 1 amide bonds. The van der Waals surface area contributed by atoms with Gasteiger partial charge >= 0.3 is 0 Å². The number of pyridine rings is 1. The van der Waals surface area contributed by atoms with E-state index < -0.39 is 0 Å².